The molecule has 9 atom stereocenters. The number of esters is 1. The normalized spacial score (nSPS) is 57.6. The number of hydrogen-bond donors (Lipinski definition) is 0. The molecule has 4 aliphatic carbocycles. The fourth-order valence-electron chi connectivity index (χ4n) is 10.7. The van der Waals surface area contributed by atoms with Crippen LogP contribution in [0, 0.1) is 39.9 Å². The van der Waals surface area contributed by atoms with Crippen LogP contribution >= 0.6 is 0 Å². The molecule has 0 amide bonds. The first kappa shape index (κ1) is 17.3. The van der Waals surface area contributed by atoms with E-state index in [4.69, 9.17) is 4.74 Å². The van der Waals surface area contributed by atoms with E-state index >= 15 is 0 Å². The van der Waals surface area contributed by atoms with Crippen LogP contribution in [0.5, 0.6) is 0 Å². The summed E-state index contributed by atoms with van der Waals surface area (Å²) in [6, 6.07) is 1.62. The monoisotopic (exact) mass is 371 g/mol. The Bertz CT molecular complexity index is 677. The third kappa shape index (κ3) is 1.79. The highest BCUT2D eigenvalue weighted by molar-refractivity contribution is 5.69. The zero-order valence-corrected chi connectivity index (χ0v) is 17.5. The Morgan fingerprint density at radius 2 is 2.00 bits per heavy atom. The van der Waals surface area contributed by atoms with Gasteiger partial charge in [-0.3, -0.25) is 9.69 Å². The first-order chi connectivity index (χ1) is 13.0. The predicted molar refractivity (Wildman–Crippen MR) is 105 cm³/mol. The van der Waals surface area contributed by atoms with Gasteiger partial charge in [0.05, 0.1) is 7.11 Å². The summed E-state index contributed by atoms with van der Waals surface area (Å²) in [5, 5.41) is 0. The van der Waals surface area contributed by atoms with Crippen molar-refractivity contribution in [3.63, 3.8) is 0 Å². The number of hydrogen-bond acceptors (Lipinski definition) is 3. The van der Waals surface area contributed by atoms with Crippen LogP contribution in [0.3, 0.4) is 0 Å². The summed E-state index contributed by atoms with van der Waals surface area (Å²) < 4.78 is 5.14. The average Bonchev–Trinajstić information content (AvgIpc) is 3.30. The van der Waals surface area contributed by atoms with Gasteiger partial charge in [-0.05, 0) is 91.3 Å². The van der Waals surface area contributed by atoms with Gasteiger partial charge in [0, 0.05) is 25.0 Å². The van der Waals surface area contributed by atoms with Crippen molar-refractivity contribution >= 4 is 5.97 Å². The molecule has 0 N–H and O–H groups in total. The molecule has 4 saturated carbocycles. The number of rotatable bonds is 3. The number of methoxy groups -OCH3 is 1. The van der Waals surface area contributed by atoms with Gasteiger partial charge in [0.25, 0.3) is 0 Å². The predicted octanol–water partition coefficient (Wildman–Crippen LogP) is 4.65. The van der Waals surface area contributed by atoms with Crippen molar-refractivity contribution in [3.8, 4) is 0 Å². The Morgan fingerprint density at radius 3 is 2.81 bits per heavy atom. The van der Waals surface area contributed by atoms with Crippen LogP contribution in [0.2, 0.25) is 0 Å². The molecule has 3 saturated heterocycles. The smallest absolute Gasteiger partial charge is 0.305 e. The molecule has 0 aromatic rings. The van der Waals surface area contributed by atoms with Crippen LogP contribution in [-0.4, -0.2) is 36.6 Å². The highest BCUT2D eigenvalue weighted by atomic mass is 16.5. The van der Waals surface area contributed by atoms with Gasteiger partial charge in [-0.2, -0.15) is 0 Å². The summed E-state index contributed by atoms with van der Waals surface area (Å²) in [5.74, 6) is 3.52. The molecule has 6 bridgehead atoms. The molecule has 0 aromatic carbocycles. The van der Waals surface area contributed by atoms with Gasteiger partial charge in [0.1, 0.15) is 0 Å². The molecular formula is C24H37NO2. The van der Waals surface area contributed by atoms with Crippen LogP contribution in [0.4, 0.5) is 0 Å². The topological polar surface area (TPSA) is 29.5 Å². The van der Waals surface area contributed by atoms with Gasteiger partial charge >= 0.3 is 5.97 Å². The van der Waals surface area contributed by atoms with Crippen LogP contribution in [-0.2, 0) is 9.53 Å². The molecule has 3 aliphatic heterocycles. The third-order valence-corrected chi connectivity index (χ3v) is 11.2. The Kier molecular flexibility index (Phi) is 3.41. The Balaban J connectivity index is 1.56. The van der Waals surface area contributed by atoms with Crippen LogP contribution in [0.15, 0.2) is 0 Å². The lowest BCUT2D eigenvalue weighted by atomic mass is 9.41. The van der Waals surface area contributed by atoms with E-state index in [0.717, 1.165) is 42.2 Å². The van der Waals surface area contributed by atoms with Gasteiger partial charge < -0.3 is 4.74 Å². The van der Waals surface area contributed by atoms with Crippen molar-refractivity contribution in [1.82, 2.24) is 4.90 Å². The lowest BCUT2D eigenvalue weighted by molar-refractivity contribution is -0.194. The highest BCUT2D eigenvalue weighted by Gasteiger charge is 2.78. The lowest BCUT2D eigenvalue weighted by Gasteiger charge is -2.68. The lowest BCUT2D eigenvalue weighted by Crippen LogP contribution is -2.69. The minimum absolute atomic E-state index is 0.0185. The van der Waals surface area contributed by atoms with Crippen LogP contribution in [0.25, 0.3) is 0 Å². The summed E-state index contributed by atoms with van der Waals surface area (Å²) in [6.07, 6.45) is 13.3. The standard InChI is InChI=1S/C24H37NO2/c1-15-14-25-20-16-6-11-23(20)9-4-5-18(23)24(12-8-19(26)27-3)21(25)17(15)7-10-22(24,2)13-16/h15-18,20-21H,4-14H2,1-3H3. The molecule has 27 heavy (non-hydrogen) atoms. The Labute approximate surface area is 164 Å². The van der Waals surface area contributed by atoms with E-state index in [9.17, 15) is 4.79 Å². The van der Waals surface area contributed by atoms with E-state index in [1.807, 2.05) is 0 Å². The van der Waals surface area contributed by atoms with E-state index in [-0.39, 0.29) is 5.97 Å². The zero-order chi connectivity index (χ0) is 18.6. The molecule has 9 unspecified atom stereocenters. The van der Waals surface area contributed by atoms with E-state index in [1.165, 1.54) is 57.9 Å². The van der Waals surface area contributed by atoms with Gasteiger partial charge in [-0.25, -0.2) is 0 Å². The van der Waals surface area contributed by atoms with Crippen LogP contribution in [0.1, 0.15) is 78.1 Å². The molecular weight excluding hydrogens is 334 g/mol. The minimum atomic E-state index is 0.0185. The fourth-order valence-corrected chi connectivity index (χ4v) is 10.7. The van der Waals surface area contributed by atoms with Gasteiger partial charge in [-0.15, -0.1) is 0 Å². The SMILES string of the molecule is COC(=O)CCC12C3C4CCC1(C)CC1CCC5(CCCC52)C1N3CC4C. The van der Waals surface area contributed by atoms with Gasteiger partial charge in [0.2, 0.25) is 0 Å². The molecule has 7 rings (SSSR count). The van der Waals surface area contributed by atoms with E-state index in [0.29, 0.717) is 22.7 Å². The second kappa shape index (κ2) is 5.32. The number of carbonyl (C=O) groups excluding carboxylic acids is 1. The Morgan fingerprint density at radius 1 is 1.15 bits per heavy atom. The Hall–Kier alpha value is -0.570. The van der Waals surface area contributed by atoms with Gasteiger partial charge in [-0.1, -0.05) is 20.3 Å². The molecule has 1 spiro atoms. The first-order valence-electron chi connectivity index (χ1n) is 11.8. The third-order valence-electron chi connectivity index (χ3n) is 11.2. The zero-order valence-electron chi connectivity index (χ0n) is 17.5. The highest BCUT2D eigenvalue weighted by Crippen LogP contribution is 2.80. The van der Waals surface area contributed by atoms with Crippen LogP contribution < -0.4 is 0 Å². The van der Waals surface area contributed by atoms with Gasteiger partial charge in [0.15, 0.2) is 0 Å². The molecule has 3 heterocycles. The first-order valence-corrected chi connectivity index (χ1v) is 11.8. The molecule has 7 aliphatic rings. The summed E-state index contributed by atoms with van der Waals surface area (Å²) in [5.41, 5.74) is 1.37. The van der Waals surface area contributed by atoms with Crippen molar-refractivity contribution in [2.75, 3.05) is 13.7 Å². The van der Waals surface area contributed by atoms with E-state index in [1.54, 1.807) is 7.11 Å². The maximum atomic E-state index is 12.3. The van der Waals surface area contributed by atoms with E-state index in [2.05, 4.69) is 18.7 Å². The van der Waals surface area contributed by atoms with Crippen molar-refractivity contribution in [2.24, 2.45) is 39.9 Å². The van der Waals surface area contributed by atoms with Crippen molar-refractivity contribution in [2.45, 2.75) is 90.1 Å². The van der Waals surface area contributed by atoms with Crippen molar-refractivity contribution in [3.05, 3.63) is 0 Å². The quantitative estimate of drug-likeness (QED) is 0.677. The average molecular weight is 372 g/mol. The second-order valence-corrected chi connectivity index (χ2v) is 11.6. The fraction of sp³-hybridized carbons (Fsp3) is 0.958. The van der Waals surface area contributed by atoms with Crippen molar-refractivity contribution < 1.29 is 9.53 Å². The maximum absolute atomic E-state index is 12.3. The summed E-state index contributed by atoms with van der Waals surface area (Å²) in [6.45, 7) is 6.53. The maximum Gasteiger partial charge on any atom is 0.305 e. The molecule has 7 fully saturated rings. The van der Waals surface area contributed by atoms with E-state index < -0.39 is 0 Å². The largest absolute Gasteiger partial charge is 0.469 e. The molecule has 0 aromatic heterocycles. The molecule has 150 valence electrons. The summed E-state index contributed by atoms with van der Waals surface area (Å²) in [7, 11) is 1.57. The number of carbonyl (C=O) groups is 1. The number of piperidine rings is 1. The number of nitrogens with zero attached hydrogens (tertiary/aromatic N) is 1. The molecule has 3 heteroatoms. The second-order valence-electron chi connectivity index (χ2n) is 11.6. The summed E-state index contributed by atoms with van der Waals surface area (Å²) in [4.78, 5) is 15.4. The molecule has 3 nitrogen and oxygen atoms in total. The molecule has 0 radical (unpaired) electrons. The van der Waals surface area contributed by atoms with Crippen molar-refractivity contribution in [1.29, 1.82) is 0 Å². The minimum Gasteiger partial charge on any atom is -0.469 e. The summed E-state index contributed by atoms with van der Waals surface area (Å²) >= 11 is 0. The number of ether oxygens (including phenoxy) is 1.